The van der Waals surface area contributed by atoms with Crippen LogP contribution in [0.25, 0.3) is 0 Å². The highest BCUT2D eigenvalue weighted by Crippen LogP contribution is 2.22. The van der Waals surface area contributed by atoms with Crippen molar-refractivity contribution in [2.75, 3.05) is 19.6 Å². The molecule has 3 heteroatoms. The van der Waals surface area contributed by atoms with E-state index in [1.54, 1.807) is 6.07 Å². The number of likely N-dealkylation sites (N-methyl/N-ethyl adjacent to an activating group) is 1. The number of hydrogen-bond donors (Lipinski definition) is 2. The fraction of sp³-hybridized carbons (Fsp3) is 0.625. The number of hydrogen-bond acceptors (Lipinski definition) is 3. The summed E-state index contributed by atoms with van der Waals surface area (Å²) in [6.07, 6.45) is 0. The average molecular weight is 264 g/mol. The first-order valence-corrected chi connectivity index (χ1v) is 7.11. The molecule has 0 fully saturated rings. The Hall–Kier alpha value is -1.06. The molecule has 1 aromatic rings. The van der Waals surface area contributed by atoms with E-state index in [0.29, 0.717) is 11.8 Å². The van der Waals surface area contributed by atoms with Crippen molar-refractivity contribution in [2.24, 2.45) is 0 Å². The van der Waals surface area contributed by atoms with Crippen LogP contribution in [0, 0.1) is 0 Å². The number of aromatic hydroxyl groups is 1. The van der Waals surface area contributed by atoms with E-state index >= 15 is 0 Å². The monoisotopic (exact) mass is 264 g/mol. The summed E-state index contributed by atoms with van der Waals surface area (Å²) >= 11 is 0. The van der Waals surface area contributed by atoms with Gasteiger partial charge in [0.25, 0.3) is 0 Å². The van der Waals surface area contributed by atoms with E-state index in [0.717, 1.165) is 25.2 Å². The van der Waals surface area contributed by atoms with E-state index in [1.165, 1.54) is 0 Å². The summed E-state index contributed by atoms with van der Waals surface area (Å²) in [5.41, 5.74) is 1.32. The van der Waals surface area contributed by atoms with Crippen LogP contribution in [0.3, 0.4) is 0 Å². The molecule has 0 unspecified atom stereocenters. The molecule has 0 saturated heterocycles. The van der Waals surface area contributed by atoms with Crippen molar-refractivity contribution in [2.45, 2.75) is 46.2 Å². The molecular weight excluding hydrogens is 236 g/mol. The minimum absolute atomic E-state index is 0.160. The molecule has 0 heterocycles. The average Bonchev–Trinajstić information content (AvgIpc) is 2.32. The van der Waals surface area contributed by atoms with Crippen LogP contribution in [0.1, 0.15) is 46.2 Å². The Balaban J connectivity index is 2.59. The first kappa shape index (κ1) is 16.0. The second kappa shape index (κ2) is 6.92. The van der Waals surface area contributed by atoms with Gasteiger partial charge in [0.1, 0.15) is 5.75 Å². The van der Waals surface area contributed by atoms with Gasteiger partial charge in [0.2, 0.25) is 0 Å². The lowest BCUT2D eigenvalue weighted by atomic mass is 10.1. The maximum Gasteiger partial charge on any atom is 0.115 e. The Morgan fingerprint density at radius 3 is 2.53 bits per heavy atom. The second-order valence-corrected chi connectivity index (χ2v) is 6.08. The lowest BCUT2D eigenvalue weighted by Gasteiger charge is -2.30. The molecule has 2 N–H and O–H groups in total. The fourth-order valence-electron chi connectivity index (χ4n) is 2.20. The standard InChI is InChI=1S/C16H28N2O/c1-6-18(11-10-17-16(3,4)5)13(2)14-8-7-9-15(19)12-14/h7-9,12-13,17,19H,6,10-11H2,1-5H3/t13-/m0/s1. The zero-order chi connectivity index (χ0) is 14.5. The van der Waals surface area contributed by atoms with Crippen molar-refractivity contribution in [1.82, 2.24) is 10.2 Å². The van der Waals surface area contributed by atoms with Gasteiger partial charge in [-0.1, -0.05) is 19.1 Å². The van der Waals surface area contributed by atoms with Crippen LogP contribution in [0.15, 0.2) is 24.3 Å². The highest BCUT2D eigenvalue weighted by atomic mass is 16.3. The maximum atomic E-state index is 9.57. The fourth-order valence-corrected chi connectivity index (χ4v) is 2.20. The predicted molar refractivity (Wildman–Crippen MR) is 81.5 cm³/mol. The largest absolute Gasteiger partial charge is 0.508 e. The smallest absolute Gasteiger partial charge is 0.115 e. The third kappa shape index (κ3) is 5.62. The first-order chi connectivity index (χ1) is 8.83. The minimum Gasteiger partial charge on any atom is -0.508 e. The van der Waals surface area contributed by atoms with Crippen molar-refractivity contribution in [3.63, 3.8) is 0 Å². The first-order valence-electron chi connectivity index (χ1n) is 7.11. The topological polar surface area (TPSA) is 35.5 Å². The van der Waals surface area contributed by atoms with E-state index in [1.807, 2.05) is 12.1 Å². The summed E-state index contributed by atoms with van der Waals surface area (Å²) in [5, 5.41) is 13.1. The normalized spacial score (nSPS) is 13.8. The lowest BCUT2D eigenvalue weighted by Crippen LogP contribution is -2.42. The molecule has 0 bridgehead atoms. The number of nitrogens with one attached hydrogen (secondary N) is 1. The van der Waals surface area contributed by atoms with Gasteiger partial charge in [-0.05, 0) is 51.9 Å². The van der Waals surface area contributed by atoms with E-state index in [2.05, 4.69) is 50.9 Å². The molecule has 3 nitrogen and oxygen atoms in total. The molecule has 0 saturated carbocycles. The SMILES string of the molecule is CCN(CCNC(C)(C)C)[C@@H](C)c1cccc(O)c1. The molecule has 0 aliphatic rings. The van der Waals surface area contributed by atoms with Gasteiger partial charge >= 0.3 is 0 Å². The van der Waals surface area contributed by atoms with E-state index in [9.17, 15) is 5.11 Å². The van der Waals surface area contributed by atoms with Gasteiger partial charge < -0.3 is 10.4 Å². The molecule has 108 valence electrons. The molecule has 0 spiro atoms. The molecule has 1 aromatic carbocycles. The molecule has 0 radical (unpaired) electrons. The summed E-state index contributed by atoms with van der Waals surface area (Å²) in [7, 11) is 0. The van der Waals surface area contributed by atoms with Gasteiger partial charge in [-0.2, -0.15) is 0 Å². The zero-order valence-corrected chi connectivity index (χ0v) is 12.9. The molecule has 0 amide bonds. The van der Waals surface area contributed by atoms with Crippen LogP contribution >= 0.6 is 0 Å². The Labute approximate surface area is 117 Å². The zero-order valence-electron chi connectivity index (χ0n) is 12.9. The number of benzene rings is 1. The molecule has 0 aliphatic carbocycles. The van der Waals surface area contributed by atoms with Crippen LogP contribution in [0.4, 0.5) is 0 Å². The van der Waals surface area contributed by atoms with Crippen LogP contribution in [-0.4, -0.2) is 35.2 Å². The summed E-state index contributed by atoms with van der Waals surface area (Å²) < 4.78 is 0. The van der Waals surface area contributed by atoms with E-state index in [4.69, 9.17) is 0 Å². The Bertz CT molecular complexity index is 385. The summed E-state index contributed by atoms with van der Waals surface area (Å²) in [6, 6.07) is 7.86. The summed E-state index contributed by atoms with van der Waals surface area (Å²) in [5.74, 6) is 0.341. The van der Waals surface area contributed by atoms with Crippen molar-refractivity contribution in [1.29, 1.82) is 0 Å². The van der Waals surface area contributed by atoms with Crippen molar-refractivity contribution >= 4 is 0 Å². The van der Waals surface area contributed by atoms with Crippen LogP contribution < -0.4 is 5.32 Å². The summed E-state index contributed by atoms with van der Waals surface area (Å²) in [4.78, 5) is 2.41. The predicted octanol–water partition coefficient (Wildman–Crippen LogP) is 3.16. The highest BCUT2D eigenvalue weighted by molar-refractivity contribution is 5.29. The molecular formula is C16H28N2O. The van der Waals surface area contributed by atoms with Gasteiger partial charge in [-0.15, -0.1) is 0 Å². The lowest BCUT2D eigenvalue weighted by molar-refractivity contribution is 0.214. The Morgan fingerprint density at radius 2 is 2.00 bits per heavy atom. The van der Waals surface area contributed by atoms with Crippen molar-refractivity contribution in [3.05, 3.63) is 29.8 Å². The van der Waals surface area contributed by atoms with Crippen LogP contribution in [0.5, 0.6) is 5.75 Å². The Kier molecular flexibility index (Phi) is 5.83. The molecule has 0 aliphatic heterocycles. The Morgan fingerprint density at radius 1 is 1.32 bits per heavy atom. The van der Waals surface area contributed by atoms with Gasteiger partial charge in [-0.25, -0.2) is 0 Å². The molecule has 19 heavy (non-hydrogen) atoms. The van der Waals surface area contributed by atoms with Crippen molar-refractivity contribution < 1.29 is 5.11 Å². The van der Waals surface area contributed by atoms with Crippen LogP contribution in [-0.2, 0) is 0 Å². The quantitative estimate of drug-likeness (QED) is 0.828. The number of phenols is 1. The molecule has 1 atom stereocenters. The molecule has 1 rings (SSSR count). The van der Waals surface area contributed by atoms with Gasteiger partial charge in [0.05, 0.1) is 0 Å². The number of nitrogens with zero attached hydrogens (tertiary/aromatic N) is 1. The van der Waals surface area contributed by atoms with Crippen LogP contribution in [0.2, 0.25) is 0 Å². The van der Waals surface area contributed by atoms with Crippen molar-refractivity contribution in [3.8, 4) is 5.75 Å². The maximum absolute atomic E-state index is 9.57. The third-order valence-electron chi connectivity index (χ3n) is 3.36. The van der Waals surface area contributed by atoms with Gasteiger partial charge in [0, 0.05) is 24.7 Å². The second-order valence-electron chi connectivity index (χ2n) is 6.08. The highest BCUT2D eigenvalue weighted by Gasteiger charge is 2.15. The third-order valence-corrected chi connectivity index (χ3v) is 3.36. The minimum atomic E-state index is 0.160. The molecule has 0 aromatic heterocycles. The summed E-state index contributed by atoms with van der Waals surface area (Å²) in [6.45, 7) is 13.9. The van der Waals surface area contributed by atoms with Gasteiger partial charge in [0.15, 0.2) is 0 Å². The number of rotatable bonds is 6. The van der Waals surface area contributed by atoms with Gasteiger partial charge in [-0.3, -0.25) is 4.90 Å². The van der Waals surface area contributed by atoms with E-state index in [-0.39, 0.29) is 5.54 Å². The van der Waals surface area contributed by atoms with E-state index < -0.39 is 0 Å². The number of phenolic OH excluding ortho intramolecular Hbond substituents is 1.